The lowest BCUT2D eigenvalue weighted by Crippen LogP contribution is -2.27. The van der Waals surface area contributed by atoms with Gasteiger partial charge in [0.1, 0.15) is 11.3 Å². The summed E-state index contributed by atoms with van der Waals surface area (Å²) in [7, 11) is 0. The van der Waals surface area contributed by atoms with E-state index in [0.717, 1.165) is 6.42 Å². The molecule has 0 aromatic heterocycles. The van der Waals surface area contributed by atoms with Gasteiger partial charge >= 0.3 is 6.09 Å². The zero-order chi connectivity index (χ0) is 16.0. The van der Waals surface area contributed by atoms with Crippen molar-refractivity contribution in [1.29, 1.82) is 0 Å². The molecule has 0 saturated heterocycles. The van der Waals surface area contributed by atoms with E-state index in [9.17, 15) is 14.9 Å². The van der Waals surface area contributed by atoms with Crippen LogP contribution in [-0.2, 0) is 4.74 Å². The Morgan fingerprint density at radius 3 is 2.57 bits per heavy atom. The summed E-state index contributed by atoms with van der Waals surface area (Å²) in [6.07, 6.45) is 0.209. The summed E-state index contributed by atoms with van der Waals surface area (Å²) in [5.74, 6) is 0. The SMILES string of the molecule is CCCNc1ccc(NC(=O)OC(C)(C)C)cc1[N+](=O)[O-]. The number of nitro groups is 1. The van der Waals surface area contributed by atoms with Gasteiger partial charge in [-0.15, -0.1) is 0 Å². The smallest absolute Gasteiger partial charge is 0.412 e. The van der Waals surface area contributed by atoms with Crippen LogP contribution in [0.2, 0.25) is 0 Å². The maximum atomic E-state index is 11.6. The van der Waals surface area contributed by atoms with E-state index in [2.05, 4.69) is 10.6 Å². The van der Waals surface area contributed by atoms with E-state index in [1.807, 2.05) is 6.92 Å². The monoisotopic (exact) mass is 295 g/mol. The van der Waals surface area contributed by atoms with Gasteiger partial charge in [-0.05, 0) is 39.3 Å². The van der Waals surface area contributed by atoms with Crippen LogP contribution in [0.1, 0.15) is 34.1 Å². The number of anilines is 2. The van der Waals surface area contributed by atoms with Gasteiger partial charge in [0.2, 0.25) is 0 Å². The molecule has 2 N–H and O–H groups in total. The van der Waals surface area contributed by atoms with E-state index in [1.165, 1.54) is 6.07 Å². The average molecular weight is 295 g/mol. The number of nitro benzene ring substituents is 1. The van der Waals surface area contributed by atoms with Crippen LogP contribution in [0, 0.1) is 10.1 Å². The first-order chi connectivity index (χ1) is 9.73. The molecule has 0 fully saturated rings. The Morgan fingerprint density at radius 1 is 1.38 bits per heavy atom. The molecule has 1 aromatic carbocycles. The Morgan fingerprint density at radius 2 is 2.05 bits per heavy atom. The summed E-state index contributed by atoms with van der Waals surface area (Å²) in [6.45, 7) is 7.84. The van der Waals surface area contributed by atoms with Gasteiger partial charge in [-0.25, -0.2) is 4.79 Å². The number of rotatable bonds is 5. The number of nitrogens with one attached hydrogen (secondary N) is 2. The van der Waals surface area contributed by atoms with E-state index < -0.39 is 16.6 Å². The highest BCUT2D eigenvalue weighted by Gasteiger charge is 2.18. The second-order valence-electron chi connectivity index (χ2n) is 5.54. The standard InChI is InChI=1S/C14H21N3O4/c1-5-8-15-11-7-6-10(9-12(11)17(19)20)16-13(18)21-14(2,3)4/h6-7,9,15H,5,8H2,1-4H3,(H,16,18). The molecule has 0 unspecified atom stereocenters. The molecule has 1 aromatic rings. The summed E-state index contributed by atoms with van der Waals surface area (Å²) in [6, 6.07) is 4.47. The van der Waals surface area contributed by atoms with Crippen molar-refractivity contribution in [2.75, 3.05) is 17.2 Å². The molecular formula is C14H21N3O4. The molecule has 0 heterocycles. The maximum Gasteiger partial charge on any atom is 0.412 e. The highest BCUT2D eigenvalue weighted by atomic mass is 16.6. The fourth-order valence-electron chi connectivity index (χ4n) is 1.59. The van der Waals surface area contributed by atoms with Gasteiger partial charge in [-0.3, -0.25) is 15.4 Å². The van der Waals surface area contributed by atoms with Crippen LogP contribution in [0.25, 0.3) is 0 Å². The minimum Gasteiger partial charge on any atom is -0.444 e. The quantitative estimate of drug-likeness (QED) is 0.637. The van der Waals surface area contributed by atoms with Crippen LogP contribution < -0.4 is 10.6 Å². The summed E-state index contributed by atoms with van der Waals surface area (Å²) < 4.78 is 5.10. The molecule has 0 radical (unpaired) electrons. The van der Waals surface area contributed by atoms with Crippen LogP contribution >= 0.6 is 0 Å². The highest BCUT2D eigenvalue weighted by molar-refractivity contribution is 5.86. The second kappa shape index (κ2) is 6.92. The maximum absolute atomic E-state index is 11.6. The van der Waals surface area contributed by atoms with Crippen LogP contribution in [0.15, 0.2) is 18.2 Å². The molecule has 7 nitrogen and oxygen atoms in total. The largest absolute Gasteiger partial charge is 0.444 e. The normalized spacial score (nSPS) is 10.9. The van der Waals surface area contributed by atoms with Crippen molar-refractivity contribution in [3.63, 3.8) is 0 Å². The van der Waals surface area contributed by atoms with Crippen LogP contribution in [0.4, 0.5) is 21.9 Å². The number of ether oxygens (including phenoxy) is 1. The minimum absolute atomic E-state index is 0.0861. The molecule has 116 valence electrons. The third-order valence-corrected chi connectivity index (χ3v) is 2.41. The fourth-order valence-corrected chi connectivity index (χ4v) is 1.59. The Hall–Kier alpha value is -2.31. The van der Waals surface area contributed by atoms with Crippen molar-refractivity contribution in [1.82, 2.24) is 0 Å². The van der Waals surface area contributed by atoms with Crippen molar-refractivity contribution in [3.8, 4) is 0 Å². The van der Waals surface area contributed by atoms with Crippen molar-refractivity contribution >= 4 is 23.2 Å². The van der Waals surface area contributed by atoms with Gasteiger partial charge in [-0.1, -0.05) is 6.92 Å². The number of hydrogen-bond acceptors (Lipinski definition) is 5. The zero-order valence-corrected chi connectivity index (χ0v) is 12.7. The summed E-state index contributed by atoms with van der Waals surface area (Å²) >= 11 is 0. The van der Waals surface area contributed by atoms with Crippen molar-refractivity contribution < 1.29 is 14.5 Å². The van der Waals surface area contributed by atoms with Crippen LogP contribution in [0.5, 0.6) is 0 Å². The predicted octanol–water partition coefficient (Wildman–Crippen LogP) is 3.76. The molecule has 1 rings (SSSR count). The lowest BCUT2D eigenvalue weighted by Gasteiger charge is -2.19. The first-order valence-corrected chi connectivity index (χ1v) is 6.75. The van der Waals surface area contributed by atoms with Crippen LogP contribution in [0.3, 0.4) is 0 Å². The van der Waals surface area contributed by atoms with E-state index in [1.54, 1.807) is 32.9 Å². The highest BCUT2D eigenvalue weighted by Crippen LogP contribution is 2.28. The molecule has 1 amide bonds. The Labute approximate surface area is 123 Å². The number of amides is 1. The second-order valence-corrected chi connectivity index (χ2v) is 5.54. The van der Waals surface area contributed by atoms with Gasteiger partial charge in [-0.2, -0.15) is 0 Å². The van der Waals surface area contributed by atoms with Gasteiger partial charge in [0.05, 0.1) is 10.6 Å². The molecule has 0 aliphatic heterocycles. The first-order valence-electron chi connectivity index (χ1n) is 6.75. The topological polar surface area (TPSA) is 93.5 Å². The van der Waals surface area contributed by atoms with Gasteiger partial charge in [0.15, 0.2) is 0 Å². The zero-order valence-electron chi connectivity index (χ0n) is 12.7. The average Bonchev–Trinajstić information content (AvgIpc) is 2.34. The number of hydrogen-bond donors (Lipinski definition) is 2. The Bertz CT molecular complexity index is 523. The van der Waals surface area contributed by atoms with E-state index in [0.29, 0.717) is 17.9 Å². The molecule has 0 bridgehead atoms. The summed E-state index contributed by atoms with van der Waals surface area (Å²) in [5.41, 5.74) is 0.0325. The summed E-state index contributed by atoms with van der Waals surface area (Å²) in [5, 5.41) is 16.5. The summed E-state index contributed by atoms with van der Waals surface area (Å²) in [4.78, 5) is 22.2. The Balaban J connectivity index is 2.88. The third-order valence-electron chi connectivity index (χ3n) is 2.41. The number of carbonyl (C=O) groups excluding carboxylic acids is 1. The number of benzene rings is 1. The molecule has 0 aliphatic carbocycles. The number of carbonyl (C=O) groups is 1. The third kappa shape index (κ3) is 5.68. The Kier molecular flexibility index (Phi) is 5.52. The van der Waals surface area contributed by atoms with Crippen molar-refractivity contribution in [2.45, 2.75) is 39.7 Å². The van der Waals surface area contributed by atoms with Gasteiger partial charge in [0.25, 0.3) is 5.69 Å². The molecule has 7 heteroatoms. The molecule has 0 atom stereocenters. The molecule has 0 spiro atoms. The predicted molar refractivity (Wildman–Crippen MR) is 81.7 cm³/mol. The lowest BCUT2D eigenvalue weighted by atomic mass is 10.2. The van der Waals surface area contributed by atoms with Crippen molar-refractivity contribution in [2.24, 2.45) is 0 Å². The van der Waals surface area contributed by atoms with Gasteiger partial charge in [0, 0.05) is 12.6 Å². The molecule has 0 aliphatic rings. The van der Waals surface area contributed by atoms with Gasteiger partial charge < -0.3 is 10.1 Å². The van der Waals surface area contributed by atoms with Crippen molar-refractivity contribution in [3.05, 3.63) is 28.3 Å². The number of nitrogens with zero attached hydrogens (tertiary/aromatic N) is 1. The molecule has 0 saturated carbocycles. The minimum atomic E-state index is -0.647. The van der Waals surface area contributed by atoms with Crippen LogP contribution in [-0.4, -0.2) is 23.2 Å². The first kappa shape index (κ1) is 16.7. The van der Waals surface area contributed by atoms with E-state index in [-0.39, 0.29) is 5.69 Å². The molecule has 21 heavy (non-hydrogen) atoms. The molecular weight excluding hydrogens is 274 g/mol. The van der Waals surface area contributed by atoms with E-state index >= 15 is 0 Å². The van der Waals surface area contributed by atoms with E-state index in [4.69, 9.17) is 4.74 Å². The fraction of sp³-hybridized carbons (Fsp3) is 0.500. The lowest BCUT2D eigenvalue weighted by molar-refractivity contribution is -0.383.